The van der Waals surface area contributed by atoms with Crippen molar-refractivity contribution in [1.29, 1.82) is 0 Å². The van der Waals surface area contributed by atoms with Gasteiger partial charge in [0.05, 0.1) is 11.4 Å². The van der Waals surface area contributed by atoms with Crippen molar-refractivity contribution in [3.05, 3.63) is 78.2 Å². The SMILES string of the molecule is Cc1cn2cc(-c3ccccc3)c(-c3ccc(C=O)cc3)nc2n1. The Bertz CT molecular complexity index is 1020. The molecule has 0 spiro atoms. The number of imidazole rings is 1. The normalized spacial score (nSPS) is 10.9. The van der Waals surface area contributed by atoms with E-state index in [1.54, 1.807) is 12.1 Å². The number of carbonyl (C=O) groups excluding carboxylic acids is 1. The zero-order valence-corrected chi connectivity index (χ0v) is 13.2. The van der Waals surface area contributed by atoms with E-state index >= 15 is 0 Å². The molecule has 0 saturated carbocycles. The van der Waals surface area contributed by atoms with Crippen LogP contribution in [0, 0.1) is 6.92 Å². The van der Waals surface area contributed by atoms with Gasteiger partial charge in [0.25, 0.3) is 0 Å². The zero-order valence-electron chi connectivity index (χ0n) is 13.2. The Morgan fingerprint density at radius 2 is 1.62 bits per heavy atom. The van der Waals surface area contributed by atoms with Gasteiger partial charge < -0.3 is 0 Å². The summed E-state index contributed by atoms with van der Waals surface area (Å²) in [6.45, 7) is 1.95. The van der Waals surface area contributed by atoms with Crippen LogP contribution in [0.5, 0.6) is 0 Å². The summed E-state index contributed by atoms with van der Waals surface area (Å²) in [6, 6.07) is 17.6. The van der Waals surface area contributed by atoms with E-state index in [0.717, 1.165) is 34.4 Å². The van der Waals surface area contributed by atoms with Gasteiger partial charge in [-0.15, -0.1) is 0 Å². The monoisotopic (exact) mass is 313 g/mol. The number of aryl methyl sites for hydroxylation is 1. The number of fused-ring (bicyclic) bond motifs is 1. The molecule has 24 heavy (non-hydrogen) atoms. The maximum atomic E-state index is 10.9. The van der Waals surface area contributed by atoms with Crippen LogP contribution in [-0.4, -0.2) is 20.7 Å². The van der Waals surface area contributed by atoms with Crippen molar-refractivity contribution in [2.75, 3.05) is 0 Å². The summed E-state index contributed by atoms with van der Waals surface area (Å²) in [5.74, 6) is 0.668. The number of nitrogens with zero attached hydrogens (tertiary/aromatic N) is 3. The first-order valence-corrected chi connectivity index (χ1v) is 7.72. The molecule has 0 unspecified atom stereocenters. The minimum atomic E-state index is 0.651. The second-order valence-electron chi connectivity index (χ2n) is 5.70. The maximum absolute atomic E-state index is 10.9. The summed E-state index contributed by atoms with van der Waals surface area (Å²) in [7, 11) is 0. The second kappa shape index (κ2) is 5.74. The fraction of sp³-hybridized carbons (Fsp3) is 0.0500. The van der Waals surface area contributed by atoms with Crippen LogP contribution >= 0.6 is 0 Å². The van der Waals surface area contributed by atoms with E-state index in [4.69, 9.17) is 4.98 Å². The van der Waals surface area contributed by atoms with Gasteiger partial charge in [0.2, 0.25) is 5.78 Å². The number of rotatable bonds is 3. The van der Waals surface area contributed by atoms with Crippen molar-refractivity contribution >= 4 is 12.1 Å². The van der Waals surface area contributed by atoms with E-state index in [9.17, 15) is 4.79 Å². The molecule has 116 valence electrons. The molecule has 0 aliphatic heterocycles. The lowest BCUT2D eigenvalue weighted by atomic mass is 10.00. The summed E-state index contributed by atoms with van der Waals surface area (Å²) in [5, 5.41) is 0. The standard InChI is InChI=1S/C20H15N3O/c1-14-11-23-12-18(16-5-3-2-4-6-16)19(22-20(23)21-14)17-9-7-15(13-24)8-10-17/h2-13H,1H3. The molecule has 0 N–H and O–H groups in total. The molecule has 0 atom stereocenters. The lowest BCUT2D eigenvalue weighted by Gasteiger charge is -2.10. The highest BCUT2D eigenvalue weighted by molar-refractivity contribution is 5.83. The van der Waals surface area contributed by atoms with Crippen molar-refractivity contribution in [2.24, 2.45) is 0 Å². The third-order valence-electron chi connectivity index (χ3n) is 3.97. The Kier molecular flexibility index (Phi) is 3.43. The van der Waals surface area contributed by atoms with E-state index in [2.05, 4.69) is 23.3 Å². The number of hydrogen-bond acceptors (Lipinski definition) is 3. The molecule has 0 bridgehead atoms. The molecule has 4 aromatic rings. The van der Waals surface area contributed by atoms with Crippen LogP contribution in [0.15, 0.2) is 67.0 Å². The molecule has 0 fully saturated rings. The molecule has 0 aliphatic carbocycles. The van der Waals surface area contributed by atoms with Gasteiger partial charge in [-0.3, -0.25) is 9.20 Å². The minimum Gasteiger partial charge on any atom is -0.298 e. The first-order valence-electron chi connectivity index (χ1n) is 7.72. The lowest BCUT2D eigenvalue weighted by molar-refractivity contribution is 0.112. The molecule has 0 radical (unpaired) electrons. The summed E-state index contributed by atoms with van der Waals surface area (Å²) < 4.78 is 1.95. The first-order chi connectivity index (χ1) is 11.7. The van der Waals surface area contributed by atoms with Crippen molar-refractivity contribution < 1.29 is 4.79 Å². The molecule has 2 heterocycles. The molecule has 2 aromatic heterocycles. The highest BCUT2D eigenvalue weighted by atomic mass is 16.1. The van der Waals surface area contributed by atoms with Crippen molar-refractivity contribution in [1.82, 2.24) is 14.4 Å². The number of aromatic nitrogens is 3. The second-order valence-corrected chi connectivity index (χ2v) is 5.70. The van der Waals surface area contributed by atoms with Crippen LogP contribution in [0.3, 0.4) is 0 Å². The van der Waals surface area contributed by atoms with Gasteiger partial charge in [-0.25, -0.2) is 9.97 Å². The van der Waals surface area contributed by atoms with Crippen LogP contribution in [0.2, 0.25) is 0 Å². The Hall–Kier alpha value is -3.27. The van der Waals surface area contributed by atoms with E-state index in [0.29, 0.717) is 11.3 Å². The highest BCUT2D eigenvalue weighted by Gasteiger charge is 2.12. The van der Waals surface area contributed by atoms with Crippen LogP contribution in [0.25, 0.3) is 28.2 Å². The van der Waals surface area contributed by atoms with E-state index in [1.807, 2.05) is 47.9 Å². The van der Waals surface area contributed by atoms with Crippen LogP contribution in [0.1, 0.15) is 16.1 Å². The van der Waals surface area contributed by atoms with Gasteiger partial charge in [0, 0.05) is 29.1 Å². The number of benzene rings is 2. The Morgan fingerprint density at radius 1 is 0.875 bits per heavy atom. The fourth-order valence-electron chi connectivity index (χ4n) is 2.81. The predicted octanol–water partition coefficient (Wildman–Crippen LogP) is 4.18. The first kappa shape index (κ1) is 14.3. The van der Waals surface area contributed by atoms with E-state index < -0.39 is 0 Å². The maximum Gasteiger partial charge on any atom is 0.234 e. The van der Waals surface area contributed by atoms with Crippen LogP contribution in [-0.2, 0) is 0 Å². The molecular weight excluding hydrogens is 298 g/mol. The highest BCUT2D eigenvalue weighted by Crippen LogP contribution is 2.31. The largest absolute Gasteiger partial charge is 0.298 e. The number of carbonyl (C=O) groups is 1. The van der Waals surface area contributed by atoms with Crippen molar-refractivity contribution in [3.8, 4) is 22.4 Å². The van der Waals surface area contributed by atoms with Crippen LogP contribution < -0.4 is 0 Å². The zero-order chi connectivity index (χ0) is 16.5. The van der Waals surface area contributed by atoms with Gasteiger partial charge in [-0.05, 0) is 12.5 Å². The molecule has 0 aliphatic rings. The molecule has 2 aromatic carbocycles. The average Bonchev–Trinajstić information content (AvgIpc) is 3.00. The number of aldehydes is 1. The topological polar surface area (TPSA) is 47.3 Å². The lowest BCUT2D eigenvalue weighted by Crippen LogP contribution is -1.96. The quantitative estimate of drug-likeness (QED) is 0.533. The summed E-state index contributed by atoms with van der Waals surface area (Å²) in [6.07, 6.45) is 4.87. The average molecular weight is 313 g/mol. The van der Waals surface area contributed by atoms with Gasteiger partial charge in [0.15, 0.2) is 0 Å². The van der Waals surface area contributed by atoms with Gasteiger partial charge in [0.1, 0.15) is 6.29 Å². The Balaban J connectivity index is 1.98. The van der Waals surface area contributed by atoms with Crippen molar-refractivity contribution in [2.45, 2.75) is 6.92 Å². The molecule has 4 heteroatoms. The van der Waals surface area contributed by atoms with Crippen molar-refractivity contribution in [3.63, 3.8) is 0 Å². The number of hydrogen-bond donors (Lipinski definition) is 0. The van der Waals surface area contributed by atoms with Gasteiger partial charge in [-0.2, -0.15) is 0 Å². The third-order valence-corrected chi connectivity index (χ3v) is 3.97. The smallest absolute Gasteiger partial charge is 0.234 e. The molecule has 0 amide bonds. The third kappa shape index (κ3) is 2.48. The fourth-order valence-corrected chi connectivity index (χ4v) is 2.81. The molecule has 4 nitrogen and oxygen atoms in total. The molecular formula is C20H15N3O. The summed E-state index contributed by atoms with van der Waals surface area (Å²) >= 11 is 0. The summed E-state index contributed by atoms with van der Waals surface area (Å²) in [5.41, 5.74) is 5.51. The van der Waals surface area contributed by atoms with Gasteiger partial charge in [-0.1, -0.05) is 54.6 Å². The predicted molar refractivity (Wildman–Crippen MR) is 94.0 cm³/mol. The van der Waals surface area contributed by atoms with E-state index in [1.165, 1.54) is 0 Å². The molecule has 0 saturated heterocycles. The Labute approximate surface area is 139 Å². The minimum absolute atomic E-state index is 0.651. The Morgan fingerprint density at radius 3 is 2.33 bits per heavy atom. The summed E-state index contributed by atoms with van der Waals surface area (Å²) in [4.78, 5) is 20.1. The van der Waals surface area contributed by atoms with E-state index in [-0.39, 0.29) is 0 Å². The molecule has 4 rings (SSSR count). The van der Waals surface area contributed by atoms with Crippen LogP contribution in [0.4, 0.5) is 0 Å². The van der Waals surface area contributed by atoms with Gasteiger partial charge >= 0.3 is 0 Å².